The normalized spacial score (nSPS) is 35.2. The van der Waals surface area contributed by atoms with Crippen molar-refractivity contribution in [1.82, 2.24) is 9.97 Å². The van der Waals surface area contributed by atoms with Gasteiger partial charge in [-0.25, -0.2) is 0 Å². The lowest BCUT2D eigenvalue weighted by atomic mass is 10.1. The van der Waals surface area contributed by atoms with Crippen molar-refractivity contribution in [3.8, 4) is 0 Å². The lowest BCUT2D eigenvalue weighted by Crippen LogP contribution is -2.35. The van der Waals surface area contributed by atoms with E-state index in [0.717, 1.165) is 24.2 Å². The van der Waals surface area contributed by atoms with Crippen LogP contribution in [0.2, 0.25) is 0 Å². The van der Waals surface area contributed by atoms with E-state index in [4.69, 9.17) is 28.4 Å². The summed E-state index contributed by atoms with van der Waals surface area (Å²) in [6.07, 6.45) is 4.40. The van der Waals surface area contributed by atoms with E-state index in [-0.39, 0.29) is 24.4 Å². The zero-order valence-electron chi connectivity index (χ0n) is 18.1. The summed E-state index contributed by atoms with van der Waals surface area (Å²) in [6, 6.07) is 0. The number of nitrogens with zero attached hydrogens (tertiary/aromatic N) is 2. The van der Waals surface area contributed by atoms with E-state index in [0.29, 0.717) is 13.2 Å². The first-order valence-corrected chi connectivity index (χ1v) is 10.3. The summed E-state index contributed by atoms with van der Waals surface area (Å²) in [7, 11) is 0. The van der Waals surface area contributed by atoms with Gasteiger partial charge in [-0.3, -0.25) is 9.97 Å². The first kappa shape index (κ1) is 21.1. The lowest BCUT2D eigenvalue weighted by molar-refractivity contribution is -0.174. The standard InChI is InChI=1S/C21H32N2O6/c1-19(2)24-11-14(26-19)8-7-13-9-23-15(10-22-13)17-18(29-21(5,6)28-17)16-12-25-20(3,4)27-16/h9-10,14,16-18H,7-8,11-12H2,1-6H3. The quantitative estimate of drug-likeness (QED) is 0.736. The second kappa shape index (κ2) is 7.51. The molecule has 0 radical (unpaired) electrons. The van der Waals surface area contributed by atoms with E-state index in [9.17, 15) is 0 Å². The Hall–Kier alpha value is -1.16. The summed E-state index contributed by atoms with van der Waals surface area (Å²) in [6.45, 7) is 12.5. The average Bonchev–Trinajstić information content (AvgIpc) is 3.27. The third-order valence-corrected chi connectivity index (χ3v) is 5.33. The van der Waals surface area contributed by atoms with Crippen molar-refractivity contribution in [1.29, 1.82) is 0 Å². The monoisotopic (exact) mass is 408 g/mol. The fraction of sp³-hybridized carbons (Fsp3) is 0.810. The number of rotatable bonds is 5. The molecule has 1 aromatic rings. The maximum atomic E-state index is 6.14. The van der Waals surface area contributed by atoms with Crippen molar-refractivity contribution in [2.45, 2.75) is 96.2 Å². The Bertz CT molecular complexity index is 720. The maximum absolute atomic E-state index is 6.14. The van der Waals surface area contributed by atoms with Gasteiger partial charge in [-0.05, 0) is 54.4 Å². The molecule has 0 spiro atoms. The molecule has 1 aromatic heterocycles. The van der Waals surface area contributed by atoms with Crippen molar-refractivity contribution >= 4 is 0 Å². The third kappa shape index (κ3) is 4.95. The molecule has 0 saturated carbocycles. The van der Waals surface area contributed by atoms with Crippen LogP contribution in [0.4, 0.5) is 0 Å². The minimum absolute atomic E-state index is 0.0890. The zero-order valence-corrected chi connectivity index (χ0v) is 18.1. The van der Waals surface area contributed by atoms with Crippen LogP contribution < -0.4 is 0 Å². The van der Waals surface area contributed by atoms with Crippen LogP contribution in [0, 0.1) is 0 Å². The average molecular weight is 408 g/mol. The largest absolute Gasteiger partial charge is 0.348 e. The fourth-order valence-corrected chi connectivity index (χ4v) is 4.02. The Kier molecular flexibility index (Phi) is 5.46. The summed E-state index contributed by atoms with van der Waals surface area (Å²) in [5.41, 5.74) is 1.65. The molecular weight excluding hydrogens is 376 g/mol. The Morgan fingerprint density at radius 1 is 0.828 bits per heavy atom. The molecule has 3 saturated heterocycles. The minimum Gasteiger partial charge on any atom is -0.348 e. The van der Waals surface area contributed by atoms with Crippen molar-refractivity contribution in [2.24, 2.45) is 0 Å². The van der Waals surface area contributed by atoms with Gasteiger partial charge in [-0.15, -0.1) is 0 Å². The van der Waals surface area contributed by atoms with Gasteiger partial charge in [0.1, 0.15) is 18.3 Å². The molecule has 4 atom stereocenters. The van der Waals surface area contributed by atoms with Gasteiger partial charge in [-0.2, -0.15) is 0 Å². The second-order valence-corrected chi connectivity index (χ2v) is 9.31. The summed E-state index contributed by atoms with van der Waals surface area (Å²) < 4.78 is 35.5. The molecule has 4 rings (SSSR count). The molecule has 0 bridgehead atoms. The first-order chi connectivity index (χ1) is 13.5. The minimum atomic E-state index is -0.724. The first-order valence-electron chi connectivity index (χ1n) is 10.3. The van der Waals surface area contributed by atoms with Crippen molar-refractivity contribution < 1.29 is 28.4 Å². The predicted molar refractivity (Wildman–Crippen MR) is 103 cm³/mol. The highest BCUT2D eigenvalue weighted by molar-refractivity contribution is 5.10. The molecule has 3 aliphatic rings. The van der Waals surface area contributed by atoms with Crippen molar-refractivity contribution in [3.05, 3.63) is 23.8 Å². The Morgan fingerprint density at radius 3 is 2.14 bits per heavy atom. The zero-order chi connectivity index (χ0) is 20.9. The van der Waals surface area contributed by atoms with Gasteiger partial charge < -0.3 is 28.4 Å². The molecule has 3 aliphatic heterocycles. The molecule has 0 aromatic carbocycles. The highest BCUT2D eigenvalue weighted by Gasteiger charge is 2.50. The molecular formula is C21H32N2O6. The van der Waals surface area contributed by atoms with Crippen molar-refractivity contribution in [3.63, 3.8) is 0 Å². The molecule has 4 heterocycles. The molecule has 8 heteroatoms. The van der Waals surface area contributed by atoms with E-state index in [1.54, 1.807) is 12.4 Å². The van der Waals surface area contributed by atoms with Gasteiger partial charge in [0.15, 0.2) is 17.4 Å². The van der Waals surface area contributed by atoms with E-state index >= 15 is 0 Å². The van der Waals surface area contributed by atoms with E-state index in [1.807, 2.05) is 41.5 Å². The van der Waals surface area contributed by atoms with Gasteiger partial charge >= 0.3 is 0 Å². The molecule has 162 valence electrons. The summed E-state index contributed by atoms with van der Waals surface area (Å²) in [4.78, 5) is 9.21. The van der Waals surface area contributed by atoms with Crippen LogP contribution in [0.15, 0.2) is 12.4 Å². The molecule has 8 nitrogen and oxygen atoms in total. The Labute approximate surface area is 172 Å². The second-order valence-electron chi connectivity index (χ2n) is 9.31. The number of hydrogen-bond acceptors (Lipinski definition) is 8. The topological polar surface area (TPSA) is 81.2 Å². The number of hydrogen-bond donors (Lipinski definition) is 0. The van der Waals surface area contributed by atoms with E-state index < -0.39 is 17.4 Å². The van der Waals surface area contributed by atoms with Crippen LogP contribution in [-0.4, -0.2) is 58.9 Å². The Balaban J connectivity index is 1.40. The smallest absolute Gasteiger partial charge is 0.164 e. The summed E-state index contributed by atoms with van der Waals surface area (Å²) in [5.74, 6) is -1.84. The predicted octanol–water partition coefficient (Wildman–Crippen LogP) is 2.90. The van der Waals surface area contributed by atoms with Gasteiger partial charge in [0.05, 0.1) is 36.9 Å². The van der Waals surface area contributed by atoms with Crippen LogP contribution in [0.3, 0.4) is 0 Å². The molecule has 29 heavy (non-hydrogen) atoms. The number of ether oxygens (including phenoxy) is 6. The van der Waals surface area contributed by atoms with Gasteiger partial charge in [0.2, 0.25) is 0 Å². The molecule has 0 aliphatic carbocycles. The summed E-state index contributed by atoms with van der Waals surface area (Å²) in [5, 5.41) is 0. The Morgan fingerprint density at radius 2 is 1.55 bits per heavy atom. The molecule has 4 unspecified atom stereocenters. The highest BCUT2D eigenvalue weighted by atomic mass is 16.8. The van der Waals surface area contributed by atoms with Crippen LogP contribution in [-0.2, 0) is 34.8 Å². The number of aryl methyl sites for hydroxylation is 1. The fourth-order valence-electron chi connectivity index (χ4n) is 4.02. The third-order valence-electron chi connectivity index (χ3n) is 5.33. The highest BCUT2D eigenvalue weighted by Crippen LogP contribution is 2.42. The molecule has 0 amide bonds. The SMILES string of the molecule is CC1(C)OCC(CCc2cnc(C3OC(C)(C)OC3C3COC(C)(C)O3)cn2)O1. The van der Waals surface area contributed by atoms with E-state index in [1.165, 1.54) is 0 Å². The van der Waals surface area contributed by atoms with E-state index in [2.05, 4.69) is 9.97 Å². The van der Waals surface area contributed by atoms with Crippen LogP contribution in [0.1, 0.15) is 65.5 Å². The van der Waals surface area contributed by atoms with Crippen molar-refractivity contribution in [2.75, 3.05) is 13.2 Å². The van der Waals surface area contributed by atoms with Gasteiger partial charge in [0, 0.05) is 6.20 Å². The summed E-state index contributed by atoms with van der Waals surface area (Å²) >= 11 is 0. The maximum Gasteiger partial charge on any atom is 0.164 e. The van der Waals surface area contributed by atoms with Gasteiger partial charge in [-0.1, -0.05) is 0 Å². The molecule has 3 fully saturated rings. The van der Waals surface area contributed by atoms with Crippen LogP contribution in [0.25, 0.3) is 0 Å². The lowest BCUT2D eigenvalue weighted by Gasteiger charge is -2.23. The molecule has 0 N–H and O–H groups in total. The van der Waals surface area contributed by atoms with Crippen LogP contribution >= 0.6 is 0 Å². The van der Waals surface area contributed by atoms with Crippen LogP contribution in [0.5, 0.6) is 0 Å². The van der Waals surface area contributed by atoms with Gasteiger partial charge in [0.25, 0.3) is 0 Å². The number of aromatic nitrogens is 2.